The van der Waals surface area contributed by atoms with Crippen molar-refractivity contribution in [1.29, 1.82) is 0 Å². The van der Waals surface area contributed by atoms with Gasteiger partial charge < -0.3 is 15.0 Å². The van der Waals surface area contributed by atoms with Gasteiger partial charge >= 0.3 is 5.97 Å². The smallest absolute Gasteiger partial charge is 0.335 e. The summed E-state index contributed by atoms with van der Waals surface area (Å²) in [5, 5.41) is 11.5. The number of carbonyl (C=O) groups is 2. The predicted molar refractivity (Wildman–Crippen MR) is 80.7 cm³/mol. The highest BCUT2D eigenvalue weighted by Crippen LogP contribution is 2.24. The number of rotatable bonds is 3. The number of carbonyl (C=O) groups excluding carboxylic acids is 1. The number of hydrogen-bond acceptors (Lipinski definition) is 3. The highest BCUT2D eigenvalue weighted by atomic mass is 79.9. The number of nitrogens with one attached hydrogen (secondary N) is 1. The molecular weight excluding hydrogens is 340 g/mol. The Morgan fingerprint density at radius 2 is 1.90 bits per heavy atom. The van der Waals surface area contributed by atoms with Gasteiger partial charge in [-0.3, -0.25) is 9.59 Å². The van der Waals surface area contributed by atoms with Crippen LogP contribution in [0.1, 0.15) is 20.7 Å². The number of benzene rings is 1. The Bertz CT molecular complexity index is 783. The Morgan fingerprint density at radius 3 is 2.48 bits per heavy atom. The molecule has 0 unspecified atom stereocenters. The largest absolute Gasteiger partial charge is 0.478 e. The van der Waals surface area contributed by atoms with Gasteiger partial charge in [0, 0.05) is 29.3 Å². The Morgan fingerprint density at radius 1 is 1.19 bits per heavy atom. The first kappa shape index (κ1) is 15.0. The molecule has 21 heavy (non-hydrogen) atoms. The van der Waals surface area contributed by atoms with E-state index in [4.69, 9.17) is 5.11 Å². The number of aromatic nitrogens is 1. The second-order valence-corrected chi connectivity index (χ2v) is 5.17. The van der Waals surface area contributed by atoms with Crippen LogP contribution >= 0.6 is 15.9 Å². The topological polar surface area (TPSA) is 88.4 Å². The summed E-state index contributed by atoms with van der Waals surface area (Å²) >= 11 is 3.20. The lowest BCUT2D eigenvalue weighted by Crippen LogP contribution is -2.20. The van der Waals surface area contributed by atoms with Crippen molar-refractivity contribution in [3.8, 4) is 0 Å². The van der Waals surface area contributed by atoms with E-state index in [-0.39, 0.29) is 16.7 Å². The molecule has 6 nitrogen and oxygen atoms in total. The molecule has 0 spiro atoms. The first-order valence-corrected chi connectivity index (χ1v) is 6.68. The molecule has 1 aromatic carbocycles. The molecule has 2 N–H and O–H groups in total. The lowest BCUT2D eigenvalue weighted by atomic mass is 10.2. The summed E-state index contributed by atoms with van der Waals surface area (Å²) in [6, 6.07) is 7.01. The molecule has 2 aromatic rings. The van der Waals surface area contributed by atoms with Crippen LogP contribution in [-0.4, -0.2) is 21.6 Å². The van der Waals surface area contributed by atoms with Crippen LogP contribution in [0.3, 0.4) is 0 Å². The van der Waals surface area contributed by atoms with Crippen LogP contribution in [-0.2, 0) is 7.05 Å². The van der Waals surface area contributed by atoms with Gasteiger partial charge in [-0.25, -0.2) is 4.79 Å². The van der Waals surface area contributed by atoms with Gasteiger partial charge in [-0.2, -0.15) is 0 Å². The van der Waals surface area contributed by atoms with Crippen LogP contribution in [0.2, 0.25) is 0 Å². The molecule has 0 fully saturated rings. The van der Waals surface area contributed by atoms with Gasteiger partial charge in [0.2, 0.25) is 0 Å². The first-order valence-electron chi connectivity index (χ1n) is 5.89. The molecule has 0 saturated carbocycles. The molecule has 0 radical (unpaired) electrons. The summed E-state index contributed by atoms with van der Waals surface area (Å²) in [7, 11) is 1.59. The molecule has 1 aromatic heterocycles. The number of pyridine rings is 1. The minimum atomic E-state index is -1.06. The van der Waals surface area contributed by atoms with Gasteiger partial charge in [0.25, 0.3) is 11.5 Å². The summed E-state index contributed by atoms with van der Waals surface area (Å²) in [5.41, 5.74) is 0.467. The van der Waals surface area contributed by atoms with Crippen LogP contribution in [0.25, 0.3) is 0 Å². The van der Waals surface area contributed by atoms with Crippen LogP contribution in [0.4, 0.5) is 5.69 Å². The maximum absolute atomic E-state index is 12.1. The average molecular weight is 351 g/mol. The molecule has 7 heteroatoms. The molecular formula is C14H11BrN2O4. The standard InChI is InChI=1S/C14H11BrN2O4/c1-17-5-4-8(7-12(17)18)13(19)16-11-3-2-9(14(20)21)6-10(11)15/h2-7H,1H3,(H,16,19)(H,20,21). The van der Waals surface area contributed by atoms with Crippen molar-refractivity contribution < 1.29 is 14.7 Å². The summed E-state index contributed by atoms with van der Waals surface area (Å²) in [6.07, 6.45) is 1.50. The van der Waals surface area contributed by atoms with E-state index in [1.54, 1.807) is 7.05 Å². The Hall–Kier alpha value is -2.41. The van der Waals surface area contributed by atoms with E-state index in [1.807, 2.05) is 0 Å². The number of carboxylic acid groups (broad SMARTS) is 1. The number of nitrogens with zero attached hydrogens (tertiary/aromatic N) is 1. The number of amides is 1. The van der Waals surface area contributed by atoms with E-state index in [1.165, 1.54) is 41.1 Å². The third kappa shape index (κ3) is 3.38. The fourth-order valence-corrected chi connectivity index (χ4v) is 2.11. The van der Waals surface area contributed by atoms with Gasteiger partial charge in [0.1, 0.15) is 0 Å². The predicted octanol–water partition coefficient (Wildman–Crippen LogP) is 2.10. The maximum Gasteiger partial charge on any atom is 0.335 e. The van der Waals surface area contributed by atoms with Gasteiger partial charge in [0.15, 0.2) is 0 Å². The first-order chi connectivity index (χ1) is 9.88. The van der Waals surface area contributed by atoms with Crippen LogP contribution in [0, 0.1) is 0 Å². The fraction of sp³-hybridized carbons (Fsp3) is 0.0714. The lowest BCUT2D eigenvalue weighted by molar-refractivity contribution is 0.0696. The van der Waals surface area contributed by atoms with E-state index in [0.717, 1.165) is 0 Å². The summed E-state index contributed by atoms with van der Waals surface area (Å²) in [4.78, 5) is 34.4. The Labute approximate surface area is 128 Å². The minimum absolute atomic E-state index is 0.105. The average Bonchev–Trinajstić information content (AvgIpc) is 2.43. The Balaban J connectivity index is 2.25. The van der Waals surface area contributed by atoms with Crippen molar-refractivity contribution in [2.75, 3.05) is 5.32 Å². The normalized spacial score (nSPS) is 10.2. The molecule has 0 aliphatic heterocycles. The SMILES string of the molecule is Cn1ccc(C(=O)Nc2ccc(C(=O)O)cc2Br)cc1=O. The van der Waals surface area contributed by atoms with Crippen molar-refractivity contribution >= 4 is 33.5 Å². The highest BCUT2D eigenvalue weighted by Gasteiger charge is 2.11. The number of hydrogen-bond donors (Lipinski definition) is 2. The zero-order valence-corrected chi connectivity index (χ0v) is 12.5. The third-order valence-corrected chi connectivity index (χ3v) is 3.49. The summed E-state index contributed by atoms with van der Waals surface area (Å²) < 4.78 is 1.80. The van der Waals surface area contributed by atoms with Crippen molar-refractivity contribution in [3.05, 3.63) is 62.5 Å². The van der Waals surface area contributed by atoms with E-state index in [2.05, 4.69) is 21.2 Å². The van der Waals surface area contributed by atoms with E-state index in [0.29, 0.717) is 10.2 Å². The summed E-state index contributed by atoms with van der Waals surface area (Å²) in [5.74, 6) is -1.50. The van der Waals surface area contributed by atoms with Crippen molar-refractivity contribution in [2.45, 2.75) is 0 Å². The number of aryl methyl sites for hydroxylation is 1. The fourth-order valence-electron chi connectivity index (χ4n) is 1.63. The van der Waals surface area contributed by atoms with Gasteiger partial charge in [-0.1, -0.05) is 0 Å². The zero-order valence-electron chi connectivity index (χ0n) is 11.0. The lowest BCUT2D eigenvalue weighted by Gasteiger charge is -2.08. The van der Waals surface area contributed by atoms with E-state index >= 15 is 0 Å². The number of halogens is 1. The Kier molecular flexibility index (Phi) is 4.23. The van der Waals surface area contributed by atoms with Crippen LogP contribution in [0.5, 0.6) is 0 Å². The van der Waals surface area contributed by atoms with Crippen molar-refractivity contribution in [2.24, 2.45) is 7.05 Å². The molecule has 1 amide bonds. The second-order valence-electron chi connectivity index (χ2n) is 4.32. The molecule has 0 bridgehead atoms. The highest BCUT2D eigenvalue weighted by molar-refractivity contribution is 9.10. The van der Waals surface area contributed by atoms with Crippen LogP contribution in [0.15, 0.2) is 45.8 Å². The number of aromatic carboxylic acids is 1. The van der Waals surface area contributed by atoms with E-state index in [9.17, 15) is 14.4 Å². The van der Waals surface area contributed by atoms with Crippen LogP contribution < -0.4 is 10.9 Å². The maximum atomic E-state index is 12.1. The molecule has 108 valence electrons. The minimum Gasteiger partial charge on any atom is -0.478 e. The summed E-state index contributed by atoms with van der Waals surface area (Å²) in [6.45, 7) is 0. The third-order valence-electron chi connectivity index (χ3n) is 2.83. The monoisotopic (exact) mass is 350 g/mol. The molecule has 0 aliphatic carbocycles. The van der Waals surface area contributed by atoms with Gasteiger partial charge in [-0.15, -0.1) is 0 Å². The zero-order chi connectivity index (χ0) is 15.6. The quantitative estimate of drug-likeness (QED) is 0.886. The molecule has 0 aliphatic rings. The number of carboxylic acids is 1. The molecule has 0 atom stereocenters. The molecule has 1 heterocycles. The van der Waals surface area contributed by atoms with Gasteiger partial charge in [-0.05, 0) is 40.2 Å². The molecule has 2 rings (SSSR count). The van der Waals surface area contributed by atoms with Crippen molar-refractivity contribution in [3.63, 3.8) is 0 Å². The number of anilines is 1. The van der Waals surface area contributed by atoms with Crippen molar-refractivity contribution in [1.82, 2.24) is 4.57 Å². The second kappa shape index (κ2) is 5.92. The van der Waals surface area contributed by atoms with E-state index < -0.39 is 11.9 Å². The molecule has 0 saturated heterocycles. The van der Waals surface area contributed by atoms with Gasteiger partial charge in [0.05, 0.1) is 11.3 Å².